The number of aliphatic carboxylic acids is 2. The summed E-state index contributed by atoms with van der Waals surface area (Å²) >= 11 is 0. The Hall–Kier alpha value is -3.48. The van der Waals surface area contributed by atoms with Crippen molar-refractivity contribution in [2.75, 3.05) is 6.54 Å². The monoisotopic (exact) mass is 454 g/mol. The number of hydrogen-bond donors (Lipinski definition) is 7. The average Bonchev–Trinajstić information content (AvgIpc) is 3.21. The Morgan fingerprint density at radius 3 is 2.31 bits per heavy atom. The van der Waals surface area contributed by atoms with E-state index in [9.17, 15) is 29.1 Å². The number of aromatic amines is 1. The lowest BCUT2D eigenvalue weighted by Gasteiger charge is -2.23. The Balaban J connectivity index is 2.66. The maximum atomic E-state index is 12.7. The molecule has 0 aliphatic rings. The highest BCUT2D eigenvalue weighted by Gasteiger charge is 2.28. The summed E-state index contributed by atoms with van der Waals surface area (Å²) in [6.45, 7) is 3.18. The number of nitrogens with two attached hydrogens (primary N) is 1. The number of carbonyl (C=O) groups excluding carboxylic acids is 3. The van der Waals surface area contributed by atoms with Crippen molar-refractivity contribution in [2.45, 2.75) is 57.7 Å². The first-order chi connectivity index (χ1) is 15.0. The summed E-state index contributed by atoms with van der Waals surface area (Å²) in [6, 6.07) is -3.35. The highest BCUT2D eigenvalue weighted by atomic mass is 16.4. The van der Waals surface area contributed by atoms with Gasteiger partial charge in [-0.15, -0.1) is 0 Å². The second-order valence-electron chi connectivity index (χ2n) is 7.69. The standard InChI is InChI=1S/C19H30N6O7/c1-10(2)5-13(18(30)25-14(19(31)32)6-11-7-21-9-23-11)24-15(26)8-22-17(29)12(20)3-4-16(27)28/h7,9-10,12-14H,3-6,8,20H2,1-2H3,(H,21,23)(H,22,29)(H,24,26)(H,25,30)(H,27,28)(H,31,32). The zero-order valence-electron chi connectivity index (χ0n) is 18.0. The SMILES string of the molecule is CC(C)CC(NC(=O)CNC(=O)C(N)CCC(=O)O)C(=O)NC(Cc1cnc[nH]1)C(=O)O. The van der Waals surface area contributed by atoms with E-state index in [2.05, 4.69) is 25.9 Å². The van der Waals surface area contributed by atoms with Crippen LogP contribution in [0.2, 0.25) is 0 Å². The van der Waals surface area contributed by atoms with E-state index in [0.717, 1.165) is 0 Å². The van der Waals surface area contributed by atoms with Crippen LogP contribution in [-0.2, 0) is 30.4 Å². The van der Waals surface area contributed by atoms with Crippen molar-refractivity contribution < 1.29 is 34.2 Å². The summed E-state index contributed by atoms with van der Waals surface area (Å²) < 4.78 is 0. The third-order valence-corrected chi connectivity index (χ3v) is 4.38. The van der Waals surface area contributed by atoms with E-state index in [0.29, 0.717) is 5.69 Å². The molecule has 13 nitrogen and oxygen atoms in total. The van der Waals surface area contributed by atoms with Gasteiger partial charge in [-0.2, -0.15) is 0 Å². The topological polar surface area (TPSA) is 217 Å². The van der Waals surface area contributed by atoms with Gasteiger partial charge < -0.3 is 36.9 Å². The second-order valence-corrected chi connectivity index (χ2v) is 7.69. The normalized spacial score (nSPS) is 13.6. The first-order valence-electron chi connectivity index (χ1n) is 10.0. The van der Waals surface area contributed by atoms with E-state index < -0.39 is 54.3 Å². The van der Waals surface area contributed by atoms with Gasteiger partial charge in [0.2, 0.25) is 17.7 Å². The molecule has 178 valence electrons. The van der Waals surface area contributed by atoms with Crippen LogP contribution in [0.1, 0.15) is 38.8 Å². The number of carboxylic acid groups (broad SMARTS) is 2. The third-order valence-electron chi connectivity index (χ3n) is 4.38. The Morgan fingerprint density at radius 1 is 1.09 bits per heavy atom. The van der Waals surface area contributed by atoms with Gasteiger partial charge in [-0.1, -0.05) is 13.8 Å². The molecule has 3 amide bonds. The van der Waals surface area contributed by atoms with Crippen LogP contribution in [0.15, 0.2) is 12.5 Å². The molecular weight excluding hydrogens is 424 g/mol. The molecule has 1 aromatic rings. The fourth-order valence-electron chi connectivity index (χ4n) is 2.75. The fraction of sp³-hybridized carbons (Fsp3) is 0.579. The highest BCUT2D eigenvalue weighted by Crippen LogP contribution is 2.07. The largest absolute Gasteiger partial charge is 0.481 e. The molecule has 0 spiro atoms. The predicted octanol–water partition coefficient (Wildman–Crippen LogP) is -1.64. The minimum atomic E-state index is -1.25. The molecule has 0 radical (unpaired) electrons. The smallest absolute Gasteiger partial charge is 0.326 e. The molecule has 3 atom stereocenters. The highest BCUT2D eigenvalue weighted by molar-refractivity contribution is 5.92. The van der Waals surface area contributed by atoms with Crippen LogP contribution < -0.4 is 21.7 Å². The zero-order valence-corrected chi connectivity index (χ0v) is 18.0. The maximum Gasteiger partial charge on any atom is 0.326 e. The summed E-state index contributed by atoms with van der Waals surface area (Å²) in [6.07, 6.45) is 2.67. The number of hydrogen-bond acceptors (Lipinski definition) is 7. The van der Waals surface area contributed by atoms with E-state index in [1.54, 1.807) is 0 Å². The number of imidazole rings is 1. The zero-order chi connectivity index (χ0) is 24.3. The molecule has 0 aliphatic heterocycles. The van der Waals surface area contributed by atoms with Crippen LogP contribution in [0, 0.1) is 5.92 Å². The summed E-state index contributed by atoms with van der Waals surface area (Å²) in [5.74, 6) is -4.39. The van der Waals surface area contributed by atoms with Crippen LogP contribution >= 0.6 is 0 Å². The molecule has 8 N–H and O–H groups in total. The predicted molar refractivity (Wildman–Crippen MR) is 111 cm³/mol. The van der Waals surface area contributed by atoms with Gasteiger partial charge in [0, 0.05) is 24.7 Å². The lowest BCUT2D eigenvalue weighted by molar-refractivity contribution is -0.142. The van der Waals surface area contributed by atoms with Crippen LogP contribution in [0.3, 0.4) is 0 Å². The number of amides is 3. The van der Waals surface area contributed by atoms with Crippen molar-refractivity contribution in [1.82, 2.24) is 25.9 Å². The van der Waals surface area contributed by atoms with Crippen LogP contribution in [0.5, 0.6) is 0 Å². The summed E-state index contributed by atoms with van der Waals surface area (Å²) in [4.78, 5) is 65.4. The number of H-pyrrole nitrogens is 1. The molecule has 0 saturated carbocycles. The Labute approximate surface area is 184 Å². The summed E-state index contributed by atoms with van der Waals surface area (Å²) in [7, 11) is 0. The number of rotatable bonds is 14. The number of aromatic nitrogens is 2. The quantitative estimate of drug-likeness (QED) is 0.171. The fourth-order valence-corrected chi connectivity index (χ4v) is 2.75. The van der Waals surface area contributed by atoms with E-state index in [1.807, 2.05) is 13.8 Å². The lowest BCUT2D eigenvalue weighted by atomic mass is 10.0. The molecule has 13 heteroatoms. The molecule has 0 saturated heterocycles. The molecular formula is C19H30N6O7. The summed E-state index contributed by atoms with van der Waals surface area (Å²) in [5.41, 5.74) is 6.09. The molecule has 1 heterocycles. The third kappa shape index (κ3) is 10.0. The molecule has 32 heavy (non-hydrogen) atoms. The molecule has 3 unspecified atom stereocenters. The van der Waals surface area contributed by atoms with Gasteiger partial charge in [0.15, 0.2) is 0 Å². The van der Waals surface area contributed by atoms with Crippen molar-refractivity contribution in [2.24, 2.45) is 11.7 Å². The minimum Gasteiger partial charge on any atom is -0.481 e. The molecule has 0 bridgehead atoms. The van der Waals surface area contributed by atoms with Crippen LogP contribution in [0.4, 0.5) is 0 Å². The molecule has 1 rings (SSSR count). The van der Waals surface area contributed by atoms with Crippen LogP contribution in [0.25, 0.3) is 0 Å². The Morgan fingerprint density at radius 2 is 1.78 bits per heavy atom. The van der Waals surface area contributed by atoms with Crippen molar-refractivity contribution >= 4 is 29.7 Å². The van der Waals surface area contributed by atoms with Gasteiger partial charge >= 0.3 is 11.9 Å². The number of nitrogens with one attached hydrogen (secondary N) is 4. The van der Waals surface area contributed by atoms with Gasteiger partial charge in [0.05, 0.1) is 18.9 Å². The van der Waals surface area contributed by atoms with Crippen LogP contribution in [-0.4, -0.2) is 74.5 Å². The first-order valence-corrected chi connectivity index (χ1v) is 10.0. The van der Waals surface area contributed by atoms with E-state index in [-0.39, 0.29) is 31.6 Å². The van der Waals surface area contributed by atoms with E-state index in [1.165, 1.54) is 12.5 Å². The number of carbonyl (C=O) groups is 5. The molecule has 1 aromatic heterocycles. The number of nitrogens with zero attached hydrogens (tertiary/aromatic N) is 1. The van der Waals surface area contributed by atoms with Gasteiger partial charge in [-0.3, -0.25) is 19.2 Å². The molecule has 0 aromatic carbocycles. The first kappa shape index (κ1) is 26.6. The van der Waals surface area contributed by atoms with Crippen molar-refractivity contribution in [1.29, 1.82) is 0 Å². The van der Waals surface area contributed by atoms with Gasteiger partial charge in [-0.05, 0) is 18.8 Å². The summed E-state index contributed by atoms with van der Waals surface area (Å²) in [5, 5.41) is 25.2. The average molecular weight is 454 g/mol. The molecule has 0 fully saturated rings. The van der Waals surface area contributed by atoms with Gasteiger partial charge in [-0.25, -0.2) is 9.78 Å². The molecule has 0 aliphatic carbocycles. The lowest BCUT2D eigenvalue weighted by Crippen LogP contribution is -2.54. The van der Waals surface area contributed by atoms with E-state index >= 15 is 0 Å². The number of carboxylic acids is 2. The van der Waals surface area contributed by atoms with Gasteiger partial charge in [0.25, 0.3) is 0 Å². The van der Waals surface area contributed by atoms with E-state index in [4.69, 9.17) is 10.8 Å². The second kappa shape index (κ2) is 13.0. The Bertz CT molecular complexity index is 796. The maximum absolute atomic E-state index is 12.7. The van der Waals surface area contributed by atoms with Gasteiger partial charge in [0.1, 0.15) is 12.1 Å². The van der Waals surface area contributed by atoms with Crippen molar-refractivity contribution in [3.63, 3.8) is 0 Å². The Kier molecular flexibility index (Phi) is 10.8. The minimum absolute atomic E-state index is 0.000896. The van der Waals surface area contributed by atoms with Crippen molar-refractivity contribution in [3.8, 4) is 0 Å². The van der Waals surface area contributed by atoms with Crippen molar-refractivity contribution in [3.05, 3.63) is 18.2 Å².